The van der Waals surface area contributed by atoms with Crippen LogP contribution in [-0.2, 0) is 14.3 Å². The van der Waals surface area contributed by atoms with Gasteiger partial charge in [0.1, 0.15) is 5.78 Å². The number of ketones is 1. The third kappa shape index (κ3) is 15.1. The zero-order chi connectivity index (χ0) is 14.4. The number of hydrogen-bond donors (Lipinski definition) is 1. The van der Waals surface area contributed by atoms with E-state index in [0.29, 0.717) is 38.5 Å². The third-order valence-corrected chi connectivity index (χ3v) is 2.04. The van der Waals surface area contributed by atoms with Crippen LogP contribution in [-0.4, -0.2) is 31.4 Å². The highest BCUT2D eigenvalue weighted by Gasteiger charge is 2.04. The minimum atomic E-state index is -0.0741. The van der Waals surface area contributed by atoms with Crippen molar-refractivity contribution in [2.45, 2.75) is 53.9 Å². The van der Waals surface area contributed by atoms with Gasteiger partial charge in [0, 0.05) is 32.4 Å². The second-order valence-electron chi connectivity index (χ2n) is 4.21. The molecule has 0 unspecified atom stereocenters. The van der Waals surface area contributed by atoms with Crippen LogP contribution in [0.3, 0.4) is 0 Å². The highest BCUT2D eigenvalue weighted by molar-refractivity contribution is 5.84. The first-order chi connectivity index (χ1) is 8.56. The molecular weight excluding hydrogens is 230 g/mol. The molecule has 108 valence electrons. The molecule has 0 aliphatic heterocycles. The molecule has 0 heterocycles. The molecule has 0 fully saturated rings. The average molecular weight is 259 g/mol. The summed E-state index contributed by atoms with van der Waals surface area (Å²) >= 11 is 0. The Morgan fingerprint density at radius 1 is 1.17 bits per heavy atom. The molecular formula is C14H29NO3. The van der Waals surface area contributed by atoms with Crippen molar-refractivity contribution < 1.29 is 14.3 Å². The first-order valence-corrected chi connectivity index (χ1v) is 6.92. The van der Waals surface area contributed by atoms with Gasteiger partial charge in [0.05, 0.1) is 6.61 Å². The predicted octanol–water partition coefficient (Wildman–Crippen LogP) is 2.56. The molecule has 0 saturated heterocycles. The molecule has 0 aromatic rings. The van der Waals surface area contributed by atoms with Crippen molar-refractivity contribution in [3.05, 3.63) is 0 Å². The van der Waals surface area contributed by atoms with E-state index >= 15 is 0 Å². The molecule has 0 aromatic carbocycles. The highest BCUT2D eigenvalue weighted by atomic mass is 16.5. The lowest BCUT2D eigenvalue weighted by Crippen LogP contribution is -2.27. The Morgan fingerprint density at radius 3 is 2.28 bits per heavy atom. The standard InChI is InChI=1S/C12H23NO3.C2H6/c1-4-11(14)5-6-12(15)13-7-8-16-9-10(2)3;1-2/h10H,4-9H2,1-3H3,(H,13,15);1-2H3. The first-order valence-electron chi connectivity index (χ1n) is 6.92. The Balaban J connectivity index is 0. The van der Waals surface area contributed by atoms with Gasteiger partial charge in [0.2, 0.25) is 5.91 Å². The van der Waals surface area contributed by atoms with Crippen LogP contribution in [0.1, 0.15) is 53.9 Å². The summed E-state index contributed by atoms with van der Waals surface area (Å²) in [6.07, 6.45) is 1.14. The van der Waals surface area contributed by atoms with E-state index in [-0.39, 0.29) is 18.1 Å². The van der Waals surface area contributed by atoms with E-state index in [4.69, 9.17) is 4.74 Å². The maximum atomic E-state index is 11.2. The maximum absolute atomic E-state index is 11.2. The topological polar surface area (TPSA) is 55.4 Å². The second kappa shape index (κ2) is 14.2. The van der Waals surface area contributed by atoms with Crippen LogP contribution in [0, 0.1) is 5.92 Å². The number of ether oxygens (including phenoxy) is 1. The van der Waals surface area contributed by atoms with E-state index in [0.717, 1.165) is 0 Å². The largest absolute Gasteiger partial charge is 0.379 e. The van der Waals surface area contributed by atoms with E-state index in [1.807, 2.05) is 13.8 Å². The Bertz CT molecular complexity index is 215. The molecule has 18 heavy (non-hydrogen) atoms. The number of amides is 1. The van der Waals surface area contributed by atoms with Gasteiger partial charge >= 0.3 is 0 Å². The van der Waals surface area contributed by atoms with Crippen molar-refractivity contribution in [1.82, 2.24) is 5.32 Å². The van der Waals surface area contributed by atoms with E-state index in [2.05, 4.69) is 19.2 Å². The zero-order valence-electron chi connectivity index (χ0n) is 12.5. The van der Waals surface area contributed by atoms with Crippen molar-refractivity contribution in [2.24, 2.45) is 5.92 Å². The molecule has 1 amide bonds. The van der Waals surface area contributed by atoms with Gasteiger partial charge in [-0.05, 0) is 5.92 Å². The molecule has 0 bridgehead atoms. The van der Waals surface area contributed by atoms with Gasteiger partial charge in [0.15, 0.2) is 0 Å². The molecule has 0 aliphatic rings. The van der Waals surface area contributed by atoms with Gasteiger partial charge in [-0.1, -0.05) is 34.6 Å². The number of Topliss-reactive ketones (excluding diaryl/α,β-unsaturated/α-hetero) is 1. The van der Waals surface area contributed by atoms with E-state index in [9.17, 15) is 9.59 Å². The Hall–Kier alpha value is -0.900. The molecule has 4 heteroatoms. The van der Waals surface area contributed by atoms with Crippen LogP contribution in [0.4, 0.5) is 0 Å². The zero-order valence-corrected chi connectivity index (χ0v) is 12.5. The van der Waals surface area contributed by atoms with Crippen molar-refractivity contribution >= 4 is 11.7 Å². The number of rotatable bonds is 9. The van der Waals surface area contributed by atoms with Gasteiger partial charge in [-0.2, -0.15) is 0 Å². The summed E-state index contributed by atoms with van der Waals surface area (Å²) in [6, 6.07) is 0. The fourth-order valence-corrected chi connectivity index (χ4v) is 1.10. The van der Waals surface area contributed by atoms with E-state index < -0.39 is 0 Å². The fraction of sp³-hybridized carbons (Fsp3) is 0.857. The number of carbonyl (C=O) groups is 2. The molecule has 0 aromatic heterocycles. The normalized spacial score (nSPS) is 9.67. The molecule has 1 N–H and O–H groups in total. The first kappa shape index (κ1) is 19.4. The summed E-state index contributed by atoms with van der Waals surface area (Å²) in [6.45, 7) is 11.7. The number of carbonyl (C=O) groups excluding carboxylic acids is 2. The van der Waals surface area contributed by atoms with Gasteiger partial charge in [-0.15, -0.1) is 0 Å². The molecule has 0 radical (unpaired) electrons. The lowest BCUT2D eigenvalue weighted by Gasteiger charge is -2.07. The molecule has 0 saturated carbocycles. The van der Waals surface area contributed by atoms with Crippen LogP contribution in [0.25, 0.3) is 0 Å². The Labute approximate surface area is 111 Å². The minimum absolute atomic E-state index is 0.0741. The summed E-state index contributed by atoms with van der Waals surface area (Å²) in [4.78, 5) is 22.2. The van der Waals surface area contributed by atoms with Crippen LogP contribution in [0.2, 0.25) is 0 Å². The number of nitrogens with one attached hydrogen (secondary N) is 1. The van der Waals surface area contributed by atoms with Crippen LogP contribution < -0.4 is 5.32 Å². The Kier molecular flexibility index (Phi) is 15.3. The summed E-state index contributed by atoms with van der Waals surface area (Å²) in [5.41, 5.74) is 0. The van der Waals surface area contributed by atoms with Gasteiger partial charge in [-0.25, -0.2) is 0 Å². The van der Waals surface area contributed by atoms with Crippen LogP contribution in [0.15, 0.2) is 0 Å². The molecule has 0 aliphatic carbocycles. The lowest BCUT2D eigenvalue weighted by atomic mass is 10.2. The summed E-state index contributed by atoms with van der Waals surface area (Å²) in [7, 11) is 0. The summed E-state index contributed by atoms with van der Waals surface area (Å²) in [5, 5.41) is 2.72. The summed E-state index contributed by atoms with van der Waals surface area (Å²) < 4.78 is 5.31. The second-order valence-corrected chi connectivity index (χ2v) is 4.21. The van der Waals surface area contributed by atoms with E-state index in [1.54, 1.807) is 6.92 Å². The Morgan fingerprint density at radius 2 is 1.78 bits per heavy atom. The molecule has 0 atom stereocenters. The van der Waals surface area contributed by atoms with Gasteiger partial charge in [0.25, 0.3) is 0 Å². The van der Waals surface area contributed by atoms with Crippen molar-refractivity contribution in [1.29, 1.82) is 0 Å². The lowest BCUT2D eigenvalue weighted by molar-refractivity contribution is -0.125. The molecule has 0 rings (SSSR count). The average Bonchev–Trinajstić information content (AvgIpc) is 2.37. The number of hydrogen-bond acceptors (Lipinski definition) is 3. The minimum Gasteiger partial charge on any atom is -0.379 e. The van der Waals surface area contributed by atoms with Crippen LogP contribution in [0.5, 0.6) is 0 Å². The smallest absolute Gasteiger partial charge is 0.220 e. The van der Waals surface area contributed by atoms with Crippen molar-refractivity contribution in [3.63, 3.8) is 0 Å². The van der Waals surface area contributed by atoms with Gasteiger partial charge < -0.3 is 10.1 Å². The highest BCUT2D eigenvalue weighted by Crippen LogP contribution is 1.94. The van der Waals surface area contributed by atoms with Crippen LogP contribution >= 0.6 is 0 Å². The third-order valence-electron chi connectivity index (χ3n) is 2.04. The maximum Gasteiger partial charge on any atom is 0.220 e. The quantitative estimate of drug-likeness (QED) is 0.647. The van der Waals surface area contributed by atoms with Crippen molar-refractivity contribution in [3.8, 4) is 0 Å². The predicted molar refractivity (Wildman–Crippen MR) is 74.5 cm³/mol. The van der Waals surface area contributed by atoms with Gasteiger partial charge in [-0.3, -0.25) is 9.59 Å². The summed E-state index contributed by atoms with van der Waals surface area (Å²) in [5.74, 6) is 0.569. The van der Waals surface area contributed by atoms with E-state index in [1.165, 1.54) is 0 Å². The SMILES string of the molecule is CC.CCC(=O)CCC(=O)NCCOCC(C)C. The van der Waals surface area contributed by atoms with Crippen molar-refractivity contribution in [2.75, 3.05) is 19.8 Å². The monoisotopic (exact) mass is 259 g/mol. The molecule has 0 spiro atoms. The fourth-order valence-electron chi connectivity index (χ4n) is 1.10. The molecule has 4 nitrogen and oxygen atoms in total.